The molecule has 118 valence electrons. The first-order valence-corrected chi connectivity index (χ1v) is 7.82. The number of methoxy groups -OCH3 is 1. The number of nitrogens with one attached hydrogen (secondary N) is 2. The quantitative estimate of drug-likeness (QED) is 0.695. The monoisotopic (exact) mass is 326 g/mol. The second-order valence-electron chi connectivity index (χ2n) is 5.08. The molecule has 0 unspecified atom stereocenters. The third kappa shape index (κ3) is 3.81. The summed E-state index contributed by atoms with van der Waals surface area (Å²) >= 11 is 5.31. The number of fused-ring (bicyclic) bond motifs is 1. The Labute approximate surface area is 140 Å². The van der Waals surface area contributed by atoms with E-state index >= 15 is 0 Å². The van der Waals surface area contributed by atoms with E-state index in [1.54, 1.807) is 7.11 Å². The molecule has 23 heavy (non-hydrogen) atoms. The van der Waals surface area contributed by atoms with Gasteiger partial charge in [-0.25, -0.2) is 0 Å². The zero-order valence-electron chi connectivity index (χ0n) is 12.8. The fraction of sp³-hybridized carbons (Fsp3) is 0.167. The lowest BCUT2D eigenvalue weighted by Gasteiger charge is -2.12. The van der Waals surface area contributed by atoms with Crippen LogP contribution in [0.4, 0.5) is 5.69 Å². The molecule has 0 aliphatic carbocycles. The number of para-hydroxylation sites is 3. The van der Waals surface area contributed by atoms with Crippen LogP contribution in [0.2, 0.25) is 0 Å². The fourth-order valence-corrected chi connectivity index (χ4v) is 2.59. The van der Waals surface area contributed by atoms with Crippen molar-refractivity contribution in [3.63, 3.8) is 0 Å². The number of rotatable bonds is 5. The molecule has 0 atom stereocenters. The molecule has 0 spiro atoms. The molecular weight excluding hydrogens is 308 g/mol. The highest BCUT2D eigenvalue weighted by Gasteiger charge is 2.05. The summed E-state index contributed by atoms with van der Waals surface area (Å²) in [6.07, 6.45) is 0.766. The van der Waals surface area contributed by atoms with Gasteiger partial charge < -0.3 is 19.8 Å². The van der Waals surface area contributed by atoms with Gasteiger partial charge in [0, 0.05) is 18.4 Å². The number of anilines is 1. The minimum atomic E-state index is 0.561. The number of hydrogen-bond donors (Lipinski definition) is 2. The lowest BCUT2D eigenvalue weighted by molar-refractivity contribution is 0.417. The molecule has 1 aromatic heterocycles. The average molecular weight is 326 g/mol. The van der Waals surface area contributed by atoms with E-state index in [1.165, 1.54) is 0 Å². The molecular formula is C18H18N2O2S. The molecule has 5 heteroatoms. The maximum Gasteiger partial charge on any atom is 0.170 e. The number of thiocarbonyl (C=S) groups is 1. The second kappa shape index (κ2) is 7.15. The lowest BCUT2D eigenvalue weighted by atomic mass is 10.2. The Bertz CT molecular complexity index is 780. The molecule has 3 rings (SSSR count). The largest absolute Gasteiger partial charge is 0.495 e. The van der Waals surface area contributed by atoms with Crippen LogP contribution in [0.3, 0.4) is 0 Å². The van der Waals surface area contributed by atoms with E-state index in [-0.39, 0.29) is 0 Å². The maximum atomic E-state index is 5.78. The fourth-order valence-electron chi connectivity index (χ4n) is 2.37. The first-order chi connectivity index (χ1) is 11.3. The summed E-state index contributed by atoms with van der Waals surface area (Å²) in [5, 5.41) is 8.00. The van der Waals surface area contributed by atoms with E-state index in [0.29, 0.717) is 11.7 Å². The second-order valence-corrected chi connectivity index (χ2v) is 5.49. The average Bonchev–Trinajstić information content (AvgIpc) is 2.98. The zero-order valence-corrected chi connectivity index (χ0v) is 13.7. The standard InChI is InChI=1S/C18H18N2O2S/c1-21-17-9-5-3-7-15(17)20-18(23)19-11-10-14-12-13-6-2-4-8-16(13)22-14/h2-9,12H,10-11H2,1H3,(H2,19,20,23). The molecule has 4 nitrogen and oxygen atoms in total. The summed E-state index contributed by atoms with van der Waals surface area (Å²) in [7, 11) is 1.64. The predicted octanol–water partition coefficient (Wildman–Crippen LogP) is 3.97. The summed E-state index contributed by atoms with van der Waals surface area (Å²) in [4.78, 5) is 0. The Morgan fingerprint density at radius 1 is 1.13 bits per heavy atom. The molecule has 0 amide bonds. The van der Waals surface area contributed by atoms with Crippen molar-refractivity contribution in [2.45, 2.75) is 6.42 Å². The maximum absolute atomic E-state index is 5.78. The molecule has 0 aliphatic rings. The third-order valence-electron chi connectivity index (χ3n) is 3.49. The molecule has 0 fully saturated rings. The zero-order chi connectivity index (χ0) is 16.1. The summed E-state index contributed by atoms with van der Waals surface area (Å²) in [6, 6.07) is 17.7. The topological polar surface area (TPSA) is 46.4 Å². The van der Waals surface area contributed by atoms with Crippen LogP contribution in [0.5, 0.6) is 5.75 Å². The molecule has 0 bridgehead atoms. The van der Waals surface area contributed by atoms with Crippen LogP contribution in [0, 0.1) is 0 Å². The van der Waals surface area contributed by atoms with Crippen molar-refractivity contribution < 1.29 is 9.15 Å². The molecule has 2 N–H and O–H groups in total. The van der Waals surface area contributed by atoms with Gasteiger partial charge in [0.2, 0.25) is 0 Å². The van der Waals surface area contributed by atoms with Gasteiger partial charge in [-0.2, -0.15) is 0 Å². The van der Waals surface area contributed by atoms with Crippen LogP contribution in [0.15, 0.2) is 59.0 Å². The summed E-state index contributed by atoms with van der Waals surface area (Å²) in [5.74, 6) is 1.70. The summed E-state index contributed by atoms with van der Waals surface area (Å²) in [5.41, 5.74) is 1.76. The molecule has 1 heterocycles. The lowest BCUT2D eigenvalue weighted by Crippen LogP contribution is -2.30. The third-order valence-corrected chi connectivity index (χ3v) is 3.74. The Hall–Kier alpha value is -2.53. The number of furan rings is 1. The van der Waals surface area contributed by atoms with Gasteiger partial charge in [-0.15, -0.1) is 0 Å². The van der Waals surface area contributed by atoms with Gasteiger partial charge in [0.1, 0.15) is 17.1 Å². The highest BCUT2D eigenvalue weighted by molar-refractivity contribution is 7.80. The van der Waals surface area contributed by atoms with Gasteiger partial charge >= 0.3 is 0 Å². The van der Waals surface area contributed by atoms with Crippen molar-refractivity contribution in [1.29, 1.82) is 0 Å². The Morgan fingerprint density at radius 3 is 2.74 bits per heavy atom. The van der Waals surface area contributed by atoms with Crippen molar-refractivity contribution in [3.05, 3.63) is 60.4 Å². The first-order valence-electron chi connectivity index (χ1n) is 7.41. The van der Waals surface area contributed by atoms with E-state index in [1.807, 2.05) is 48.5 Å². The van der Waals surface area contributed by atoms with Gasteiger partial charge in [-0.1, -0.05) is 30.3 Å². The minimum Gasteiger partial charge on any atom is -0.495 e. The molecule has 3 aromatic rings. The number of ether oxygens (including phenoxy) is 1. The highest BCUT2D eigenvalue weighted by atomic mass is 32.1. The number of benzene rings is 2. The van der Waals surface area contributed by atoms with Gasteiger partial charge in [0.05, 0.1) is 12.8 Å². The van der Waals surface area contributed by atoms with E-state index in [9.17, 15) is 0 Å². The molecule has 0 saturated carbocycles. The number of hydrogen-bond acceptors (Lipinski definition) is 3. The van der Waals surface area contributed by atoms with Gasteiger partial charge in [-0.05, 0) is 36.5 Å². The van der Waals surface area contributed by atoms with Gasteiger partial charge in [0.25, 0.3) is 0 Å². The Balaban J connectivity index is 1.53. The van der Waals surface area contributed by atoms with Gasteiger partial charge in [0.15, 0.2) is 5.11 Å². The minimum absolute atomic E-state index is 0.561. The molecule has 0 radical (unpaired) electrons. The molecule has 2 aromatic carbocycles. The first kappa shape index (κ1) is 15.4. The van der Waals surface area contributed by atoms with Crippen molar-refractivity contribution in [1.82, 2.24) is 5.32 Å². The normalized spacial score (nSPS) is 10.5. The Morgan fingerprint density at radius 2 is 1.91 bits per heavy atom. The van der Waals surface area contributed by atoms with Crippen LogP contribution in [-0.2, 0) is 6.42 Å². The molecule has 0 saturated heterocycles. The smallest absolute Gasteiger partial charge is 0.170 e. The van der Waals surface area contributed by atoms with Crippen molar-refractivity contribution in [3.8, 4) is 5.75 Å². The van der Waals surface area contributed by atoms with Crippen LogP contribution >= 0.6 is 12.2 Å². The van der Waals surface area contributed by atoms with Crippen LogP contribution in [0.25, 0.3) is 11.0 Å². The predicted molar refractivity (Wildman–Crippen MR) is 97.1 cm³/mol. The van der Waals surface area contributed by atoms with Crippen molar-refractivity contribution in [2.24, 2.45) is 0 Å². The summed E-state index contributed by atoms with van der Waals surface area (Å²) in [6.45, 7) is 0.695. The van der Waals surface area contributed by atoms with E-state index in [0.717, 1.165) is 34.6 Å². The Kier molecular flexibility index (Phi) is 4.78. The van der Waals surface area contributed by atoms with Crippen LogP contribution in [-0.4, -0.2) is 18.8 Å². The SMILES string of the molecule is COc1ccccc1NC(=S)NCCc1cc2ccccc2o1. The molecule has 0 aliphatic heterocycles. The summed E-state index contributed by atoms with van der Waals surface area (Å²) < 4.78 is 11.1. The highest BCUT2D eigenvalue weighted by Crippen LogP contribution is 2.23. The van der Waals surface area contributed by atoms with Crippen LogP contribution in [0.1, 0.15) is 5.76 Å². The van der Waals surface area contributed by atoms with Crippen molar-refractivity contribution >= 4 is 34.0 Å². The van der Waals surface area contributed by atoms with Crippen molar-refractivity contribution in [2.75, 3.05) is 19.0 Å². The van der Waals surface area contributed by atoms with E-state index < -0.39 is 0 Å². The van der Waals surface area contributed by atoms with Crippen LogP contribution < -0.4 is 15.4 Å². The van der Waals surface area contributed by atoms with E-state index in [2.05, 4.69) is 16.7 Å². The van der Waals surface area contributed by atoms with Gasteiger partial charge in [-0.3, -0.25) is 0 Å². The van der Waals surface area contributed by atoms with E-state index in [4.69, 9.17) is 21.4 Å².